The van der Waals surface area contributed by atoms with Crippen molar-refractivity contribution >= 4 is 55.9 Å². The second-order valence-electron chi connectivity index (χ2n) is 14.6. The molecular weight excluding hydrogens is 655 g/mol. The first kappa shape index (κ1) is 31.9. The van der Waals surface area contributed by atoms with Gasteiger partial charge in [0.05, 0.1) is 11.0 Å². The molecule has 3 heteroatoms. The average Bonchev–Trinajstić information content (AvgIpc) is 3.68. The van der Waals surface area contributed by atoms with Crippen LogP contribution in [0.1, 0.15) is 25.0 Å². The van der Waals surface area contributed by atoms with E-state index in [4.69, 9.17) is 0 Å². The van der Waals surface area contributed by atoms with Crippen molar-refractivity contribution in [1.82, 2.24) is 4.57 Å². The van der Waals surface area contributed by atoms with Crippen molar-refractivity contribution < 1.29 is 0 Å². The third-order valence-electron chi connectivity index (χ3n) is 11.1. The largest absolute Gasteiger partial charge is 0.310 e. The predicted molar refractivity (Wildman–Crippen MR) is 228 cm³/mol. The molecule has 3 nitrogen and oxygen atoms in total. The molecule has 0 aliphatic heterocycles. The monoisotopic (exact) mass is 693 g/mol. The van der Waals surface area contributed by atoms with Gasteiger partial charge in [-0.2, -0.15) is 0 Å². The van der Waals surface area contributed by atoms with E-state index in [9.17, 15) is 0 Å². The minimum atomic E-state index is -0.182. The van der Waals surface area contributed by atoms with Crippen LogP contribution in [0.5, 0.6) is 0 Å². The van der Waals surface area contributed by atoms with Gasteiger partial charge in [-0.05, 0) is 113 Å². The van der Waals surface area contributed by atoms with Crippen LogP contribution in [0.15, 0.2) is 200 Å². The molecule has 0 N–H and O–H groups in total. The van der Waals surface area contributed by atoms with Crippen molar-refractivity contribution in [2.45, 2.75) is 19.3 Å². The Morgan fingerprint density at radius 3 is 1.44 bits per heavy atom. The van der Waals surface area contributed by atoms with Gasteiger partial charge in [-0.15, -0.1) is 0 Å². The summed E-state index contributed by atoms with van der Waals surface area (Å²) >= 11 is 0. The lowest BCUT2D eigenvalue weighted by Gasteiger charge is -2.26. The van der Waals surface area contributed by atoms with Gasteiger partial charge in [0, 0.05) is 56.0 Å². The zero-order chi connectivity index (χ0) is 36.2. The highest BCUT2D eigenvalue weighted by Crippen LogP contribution is 2.54. The van der Waals surface area contributed by atoms with Crippen LogP contribution in [0.25, 0.3) is 38.6 Å². The van der Waals surface area contributed by atoms with Crippen molar-refractivity contribution in [1.29, 1.82) is 0 Å². The van der Waals surface area contributed by atoms with Gasteiger partial charge in [-0.25, -0.2) is 0 Å². The minimum Gasteiger partial charge on any atom is -0.310 e. The molecule has 8 aromatic carbocycles. The number of para-hydroxylation sites is 4. The van der Waals surface area contributed by atoms with Crippen molar-refractivity contribution in [2.24, 2.45) is 0 Å². The Morgan fingerprint density at radius 1 is 0.389 bits per heavy atom. The fourth-order valence-corrected chi connectivity index (χ4v) is 8.76. The van der Waals surface area contributed by atoms with Crippen molar-refractivity contribution in [2.75, 3.05) is 9.80 Å². The first-order chi connectivity index (χ1) is 26.6. The average molecular weight is 694 g/mol. The normalized spacial score (nSPS) is 12.8. The quantitative estimate of drug-likeness (QED) is 0.165. The van der Waals surface area contributed by atoms with Gasteiger partial charge in [0.2, 0.25) is 0 Å². The van der Waals surface area contributed by atoms with Crippen LogP contribution >= 0.6 is 0 Å². The van der Waals surface area contributed by atoms with E-state index in [-0.39, 0.29) is 5.41 Å². The Labute approximate surface area is 316 Å². The van der Waals surface area contributed by atoms with Crippen LogP contribution in [-0.2, 0) is 5.41 Å². The molecule has 0 amide bonds. The molecule has 258 valence electrons. The molecule has 1 aliphatic rings. The molecule has 0 saturated carbocycles. The number of rotatable bonds is 7. The molecule has 1 heterocycles. The summed E-state index contributed by atoms with van der Waals surface area (Å²) in [6, 6.07) is 72.3. The number of aromatic nitrogens is 1. The standard InChI is InChI=1S/C51H39N3/c1-51(2)46-29-16-15-28-43(46)44-31-33-48-49(50(44)51)45-35-42(53(38-22-11-5-12-23-38)39-24-13-6-14-25-39)30-32-47(45)54(48)41-27-17-26-40(34-41)52(36-18-7-3-8-19-36)37-20-9-4-10-21-37/h3-35H,1-2H3. The smallest absolute Gasteiger partial charge is 0.0544 e. The van der Waals surface area contributed by atoms with E-state index in [0.29, 0.717) is 0 Å². The number of hydrogen-bond acceptors (Lipinski definition) is 2. The number of nitrogens with zero attached hydrogens (tertiary/aromatic N) is 3. The first-order valence-electron chi connectivity index (χ1n) is 18.7. The number of hydrogen-bond donors (Lipinski definition) is 0. The molecular formula is C51H39N3. The minimum absolute atomic E-state index is 0.182. The Morgan fingerprint density at radius 2 is 0.870 bits per heavy atom. The maximum absolute atomic E-state index is 2.47. The molecule has 0 unspecified atom stereocenters. The molecule has 0 fully saturated rings. The third kappa shape index (κ3) is 5.04. The fourth-order valence-electron chi connectivity index (χ4n) is 8.76. The summed E-state index contributed by atoms with van der Waals surface area (Å²) < 4.78 is 2.47. The molecule has 0 saturated heterocycles. The van der Waals surface area contributed by atoms with Crippen LogP contribution in [0.3, 0.4) is 0 Å². The van der Waals surface area contributed by atoms with E-state index >= 15 is 0 Å². The predicted octanol–water partition coefficient (Wildman–Crippen LogP) is 14.0. The van der Waals surface area contributed by atoms with Crippen molar-refractivity contribution in [3.8, 4) is 16.8 Å². The topological polar surface area (TPSA) is 11.4 Å². The maximum atomic E-state index is 2.47. The molecule has 0 spiro atoms. The Hall–Kier alpha value is -6.84. The summed E-state index contributed by atoms with van der Waals surface area (Å²) in [4.78, 5) is 4.70. The zero-order valence-electron chi connectivity index (χ0n) is 30.4. The van der Waals surface area contributed by atoms with Crippen LogP contribution in [-0.4, -0.2) is 4.57 Å². The van der Waals surface area contributed by atoms with Gasteiger partial charge in [-0.1, -0.05) is 123 Å². The number of anilines is 6. The Kier molecular flexibility index (Phi) is 7.48. The van der Waals surface area contributed by atoms with Gasteiger partial charge in [0.15, 0.2) is 0 Å². The molecule has 9 aromatic rings. The van der Waals surface area contributed by atoms with E-state index in [2.05, 4.69) is 228 Å². The summed E-state index contributed by atoms with van der Waals surface area (Å²) in [6.45, 7) is 4.78. The Balaban J connectivity index is 1.25. The van der Waals surface area contributed by atoms with Gasteiger partial charge in [0.1, 0.15) is 0 Å². The highest BCUT2D eigenvalue weighted by molar-refractivity contribution is 6.15. The zero-order valence-corrected chi connectivity index (χ0v) is 30.4. The molecule has 0 radical (unpaired) electrons. The summed E-state index contributed by atoms with van der Waals surface area (Å²) in [5.74, 6) is 0. The third-order valence-corrected chi connectivity index (χ3v) is 11.1. The summed E-state index contributed by atoms with van der Waals surface area (Å²) in [5, 5.41) is 2.55. The van der Waals surface area contributed by atoms with Crippen LogP contribution < -0.4 is 9.80 Å². The highest BCUT2D eigenvalue weighted by Gasteiger charge is 2.38. The lowest BCUT2D eigenvalue weighted by atomic mass is 9.80. The van der Waals surface area contributed by atoms with Crippen LogP contribution in [0.2, 0.25) is 0 Å². The maximum Gasteiger partial charge on any atom is 0.0544 e. The van der Waals surface area contributed by atoms with Gasteiger partial charge >= 0.3 is 0 Å². The highest BCUT2D eigenvalue weighted by atomic mass is 15.2. The van der Waals surface area contributed by atoms with Gasteiger partial charge in [0.25, 0.3) is 0 Å². The van der Waals surface area contributed by atoms with Crippen LogP contribution in [0, 0.1) is 0 Å². The summed E-state index contributed by atoms with van der Waals surface area (Å²) in [6.07, 6.45) is 0. The second kappa shape index (κ2) is 12.7. The van der Waals surface area contributed by atoms with Gasteiger partial charge in [-0.3, -0.25) is 0 Å². The molecule has 1 aliphatic carbocycles. The van der Waals surface area contributed by atoms with Crippen LogP contribution in [0.4, 0.5) is 34.1 Å². The van der Waals surface area contributed by atoms with Gasteiger partial charge < -0.3 is 14.4 Å². The van der Waals surface area contributed by atoms with Crippen molar-refractivity contribution in [3.05, 3.63) is 211 Å². The number of fused-ring (bicyclic) bond motifs is 7. The van der Waals surface area contributed by atoms with Crippen molar-refractivity contribution in [3.63, 3.8) is 0 Å². The SMILES string of the molecule is CC1(C)c2ccccc2-c2ccc3c(c21)c1cc(N(c2ccccc2)c2ccccc2)ccc1n3-c1cccc(N(c2ccccc2)c2ccccc2)c1. The summed E-state index contributed by atoms with van der Waals surface area (Å²) in [7, 11) is 0. The molecule has 0 atom stereocenters. The molecule has 0 bridgehead atoms. The molecule has 10 rings (SSSR count). The molecule has 54 heavy (non-hydrogen) atoms. The van der Waals surface area contributed by atoms with E-state index < -0.39 is 0 Å². The second-order valence-corrected chi connectivity index (χ2v) is 14.6. The number of benzene rings is 8. The van der Waals surface area contributed by atoms with E-state index in [1.54, 1.807) is 0 Å². The summed E-state index contributed by atoms with van der Waals surface area (Å²) in [5.41, 5.74) is 15.4. The lowest BCUT2D eigenvalue weighted by Crippen LogP contribution is -2.15. The van der Waals surface area contributed by atoms with E-state index in [1.165, 1.54) is 44.1 Å². The fraction of sp³-hybridized carbons (Fsp3) is 0.0588. The van der Waals surface area contributed by atoms with E-state index in [0.717, 1.165) is 39.8 Å². The molecule has 1 aromatic heterocycles. The van der Waals surface area contributed by atoms with E-state index in [1.807, 2.05) is 0 Å². The lowest BCUT2D eigenvalue weighted by molar-refractivity contribution is 0.666. The Bertz CT molecular complexity index is 2710. The first-order valence-corrected chi connectivity index (χ1v) is 18.7.